The molecule has 730 valence electrons. The number of piperazine rings is 2. The Morgan fingerprint density at radius 2 is 0.546 bits per heavy atom. The number of rotatable bonds is 26. The quantitative estimate of drug-likeness (QED) is 0.0532. The summed E-state index contributed by atoms with van der Waals surface area (Å²) in [4.78, 5) is 25.6. The molecule has 5 aromatic heterocycles. The minimum Gasteiger partial charge on any atom is -0.339 e. The van der Waals surface area contributed by atoms with E-state index < -0.39 is 5.92 Å². The molecule has 5 aliphatic heterocycles. The fourth-order valence-electron chi connectivity index (χ4n) is 20.1. The molecule has 1 N–H and O–H groups in total. The van der Waals surface area contributed by atoms with Gasteiger partial charge in [0.1, 0.15) is 34.0 Å². The smallest absolute Gasteiger partial charge is 0.250 e. The third-order valence-corrected chi connectivity index (χ3v) is 31.4. The average Bonchev–Trinajstić information content (AvgIpc) is 1.66. The zero-order valence-corrected chi connectivity index (χ0v) is 83.6. The topological polar surface area (TPSA) is 226 Å². The number of carbonyl (C=O) groups excluding carboxylic acids is 1. The first kappa shape index (κ1) is 96.4. The van der Waals surface area contributed by atoms with Crippen molar-refractivity contribution in [3.8, 4) is 61.7 Å². The Morgan fingerprint density at radius 1 is 0.312 bits per heavy atom. The van der Waals surface area contributed by atoms with Gasteiger partial charge in [0, 0.05) is 172 Å². The molecule has 0 atom stereocenters. The number of carbonyl (C=O) groups is 1. The standard InChI is InChI=1S/C24H25ClN6O.C22H23ClF2N4.C22H25ClN4.C21H24ClN5.C21H23ClN4/c25-23-20(7-8-21-24(23)27-28-31(21)16-18-1-2-18)19-5-3-17(4-6-19)15-29-11-13-30(14-12-29)22(32)9-10-26;23-20-18(7-8-19-21(20)26-27-29(19)14-16-1-2-16)17-5-3-15(4-6-17)13-28-11-9-22(24,25)10-12-28;23-21-19(10-11-20-22(21)24-25-27(20)15-17-4-5-17)18-8-6-16(7-9-18)14-26-12-2-1-3-13-26;22-20-18(7-8-19-21(20)24-25-27(19)14-16-1-2-16)17-5-3-15(4-6-17)13-26-11-9-23-10-12-26;22-20-18(9-10-19-21(20)23-24-26(19)14-16-3-4-16)17-7-5-15(6-8-17)13-25-11-1-2-12-25/h3-8,18H,1-2,9,11-16H2;3-8,16H,1-2,9-14H2;6-11,17H,1-5,12-15H2;3-8,16,23H,1-2,9-14H2;5-10,16H,1-4,11-14H2. The first-order chi connectivity index (χ1) is 68.9. The van der Waals surface area contributed by atoms with Crippen LogP contribution in [0.5, 0.6) is 0 Å². The molecule has 10 aromatic carbocycles. The Balaban J connectivity index is 0.000000105. The van der Waals surface area contributed by atoms with Gasteiger partial charge in [0.25, 0.3) is 5.92 Å². The number of alkyl halides is 2. The summed E-state index contributed by atoms with van der Waals surface area (Å²) in [5.41, 5.74) is 25.9. The molecule has 0 spiro atoms. The number of halogens is 7. The summed E-state index contributed by atoms with van der Waals surface area (Å²) in [6.45, 7) is 22.4. The normalized spacial score (nSPS) is 18.2. The van der Waals surface area contributed by atoms with E-state index >= 15 is 0 Å². The van der Waals surface area contributed by atoms with Gasteiger partial charge >= 0.3 is 0 Å². The van der Waals surface area contributed by atoms with Crippen molar-refractivity contribution < 1.29 is 13.6 Å². The molecule has 5 aliphatic carbocycles. The first-order valence-corrected chi connectivity index (χ1v) is 52.7. The lowest BCUT2D eigenvalue weighted by Crippen LogP contribution is -2.48. The summed E-state index contributed by atoms with van der Waals surface area (Å²) < 4.78 is 36.6. The van der Waals surface area contributed by atoms with Crippen LogP contribution in [-0.2, 0) is 70.2 Å². The van der Waals surface area contributed by atoms with E-state index in [1.54, 1.807) is 4.90 Å². The van der Waals surface area contributed by atoms with E-state index in [-0.39, 0.29) is 25.2 Å². The second kappa shape index (κ2) is 43.8. The lowest BCUT2D eigenvalue weighted by atomic mass is 10.0. The summed E-state index contributed by atoms with van der Waals surface area (Å²) in [6.07, 6.45) is 19.4. The van der Waals surface area contributed by atoms with Crippen LogP contribution in [0.1, 0.15) is 143 Å². The molecule has 24 nitrogen and oxygen atoms in total. The molecule has 1 amide bonds. The van der Waals surface area contributed by atoms with Crippen LogP contribution in [0.3, 0.4) is 0 Å². The number of nitrogens with zero attached hydrogens (tertiary/aromatic N) is 22. The highest BCUT2D eigenvalue weighted by molar-refractivity contribution is 6.40. The van der Waals surface area contributed by atoms with Gasteiger partial charge in [-0.05, 0) is 232 Å². The minimum atomic E-state index is -2.50. The van der Waals surface area contributed by atoms with Crippen molar-refractivity contribution in [2.24, 2.45) is 29.6 Å². The molecule has 10 fully saturated rings. The molecule has 25 rings (SSSR count). The van der Waals surface area contributed by atoms with Crippen molar-refractivity contribution in [3.63, 3.8) is 0 Å². The number of aromatic nitrogens is 15. The van der Waals surface area contributed by atoms with Crippen molar-refractivity contribution in [1.82, 2.24) is 110 Å². The van der Waals surface area contributed by atoms with Crippen molar-refractivity contribution in [2.45, 2.75) is 187 Å². The molecular weight excluding hydrogens is 1870 g/mol. The molecule has 0 unspecified atom stereocenters. The molecule has 141 heavy (non-hydrogen) atoms. The Labute approximate surface area is 846 Å². The van der Waals surface area contributed by atoms with Crippen molar-refractivity contribution in [2.75, 3.05) is 91.6 Å². The molecule has 10 aliphatic rings. The summed E-state index contributed by atoms with van der Waals surface area (Å²) >= 11 is 33.5. The molecule has 15 aromatic rings. The largest absolute Gasteiger partial charge is 0.339 e. The van der Waals surface area contributed by atoms with Crippen molar-refractivity contribution >= 4 is 119 Å². The zero-order chi connectivity index (χ0) is 96.0. The van der Waals surface area contributed by atoms with Crippen molar-refractivity contribution in [3.05, 3.63) is 235 Å². The molecule has 10 heterocycles. The van der Waals surface area contributed by atoms with Gasteiger partial charge in [-0.3, -0.25) is 29.3 Å². The van der Waals surface area contributed by atoms with E-state index in [1.165, 1.54) is 145 Å². The van der Waals surface area contributed by atoms with Gasteiger partial charge in [-0.25, -0.2) is 32.2 Å². The highest BCUT2D eigenvalue weighted by Gasteiger charge is 2.35. The molecule has 0 bridgehead atoms. The second-order valence-corrected chi connectivity index (χ2v) is 42.4. The Morgan fingerprint density at radius 3 is 0.794 bits per heavy atom. The van der Waals surface area contributed by atoms with Crippen LogP contribution >= 0.6 is 58.0 Å². The zero-order valence-electron chi connectivity index (χ0n) is 79.8. The number of nitrogens with one attached hydrogen (secondary N) is 1. The second-order valence-electron chi connectivity index (χ2n) is 40.5. The summed E-state index contributed by atoms with van der Waals surface area (Å²) in [5, 5.41) is 58.7. The van der Waals surface area contributed by atoms with Crippen LogP contribution < -0.4 is 5.32 Å². The van der Waals surface area contributed by atoms with Gasteiger partial charge in [0.2, 0.25) is 5.91 Å². The van der Waals surface area contributed by atoms with Gasteiger partial charge in [0.15, 0.2) is 0 Å². The van der Waals surface area contributed by atoms with Crippen LogP contribution in [0.25, 0.3) is 111 Å². The van der Waals surface area contributed by atoms with Crippen LogP contribution in [0, 0.1) is 40.9 Å². The molecular formula is C110H120Cl5F2N23O. The highest BCUT2D eigenvalue weighted by atomic mass is 35.5. The number of fused-ring (bicyclic) bond motifs is 5. The Bertz CT molecular complexity index is 6750. The van der Waals surface area contributed by atoms with E-state index in [4.69, 9.17) is 63.3 Å². The van der Waals surface area contributed by atoms with Crippen LogP contribution in [0.15, 0.2) is 182 Å². The number of hydrogen-bond donors (Lipinski definition) is 1. The number of likely N-dealkylation sites (tertiary alicyclic amines) is 3. The lowest BCUT2D eigenvalue weighted by Gasteiger charge is -2.34. The third kappa shape index (κ3) is 23.8. The van der Waals surface area contributed by atoms with Gasteiger partial charge < -0.3 is 10.2 Å². The first-order valence-electron chi connectivity index (χ1n) is 50.8. The molecule has 0 radical (unpaired) electrons. The van der Waals surface area contributed by atoms with Crippen LogP contribution in [-0.4, -0.2) is 208 Å². The average molecular weight is 2000 g/mol. The maximum absolute atomic E-state index is 13.3. The summed E-state index contributed by atoms with van der Waals surface area (Å²) in [7, 11) is 0. The summed E-state index contributed by atoms with van der Waals surface area (Å²) in [5.74, 6) is 1.16. The number of nitriles is 1. The predicted octanol–water partition coefficient (Wildman–Crippen LogP) is 22.6. The van der Waals surface area contributed by atoms with Crippen LogP contribution in [0.4, 0.5) is 8.78 Å². The SMILES string of the molecule is Clc1c(-c2ccc(CN3CCCC3)cc2)ccc2c1nnn2CC1CC1.Clc1c(-c2ccc(CN3CCCCC3)cc2)ccc2c1nnn2CC1CC1.Clc1c(-c2ccc(CN3CCNCC3)cc2)ccc2c1nnn2CC1CC1.FC1(F)CCN(Cc2ccc(-c3ccc4c(nnn4CC4CC4)c3Cl)cc2)CC1.N#CCC(=O)N1CCN(Cc2ccc(-c3ccc4c(nnn4CC4CC4)c3Cl)cc2)CC1. The number of hydrogen-bond acceptors (Lipinski definition) is 18. The Kier molecular flexibility index (Phi) is 29.9. The molecule has 5 saturated heterocycles. The van der Waals surface area contributed by atoms with Crippen molar-refractivity contribution in [1.29, 1.82) is 5.26 Å². The monoisotopic (exact) mass is 1990 g/mol. The van der Waals surface area contributed by atoms with E-state index in [2.05, 4.69) is 227 Å². The lowest BCUT2D eigenvalue weighted by molar-refractivity contribution is -0.131. The van der Waals surface area contributed by atoms with Gasteiger partial charge in [-0.2, -0.15) is 5.26 Å². The molecule has 31 heteroatoms. The van der Waals surface area contributed by atoms with E-state index in [1.807, 2.05) is 65.9 Å². The van der Waals surface area contributed by atoms with E-state index in [0.29, 0.717) is 57.8 Å². The fraction of sp³-hybridized carbons (Fsp3) is 0.436. The van der Waals surface area contributed by atoms with E-state index in [0.717, 1.165) is 244 Å². The highest BCUT2D eigenvalue weighted by Crippen LogP contribution is 2.44. The van der Waals surface area contributed by atoms with Crippen LogP contribution in [0.2, 0.25) is 25.1 Å². The fourth-order valence-corrected chi connectivity index (χ4v) is 21.6. The third-order valence-electron chi connectivity index (χ3n) is 29.5. The Hall–Kier alpha value is -10.8. The van der Waals surface area contributed by atoms with Gasteiger partial charge in [0.05, 0.1) is 58.8 Å². The number of benzene rings is 10. The van der Waals surface area contributed by atoms with E-state index in [9.17, 15) is 13.6 Å². The van der Waals surface area contributed by atoms with Gasteiger partial charge in [-0.1, -0.05) is 242 Å². The summed E-state index contributed by atoms with van der Waals surface area (Å²) in [6, 6.07) is 65.8. The maximum Gasteiger partial charge on any atom is 0.250 e. The maximum atomic E-state index is 13.3. The number of piperidine rings is 2. The van der Waals surface area contributed by atoms with Gasteiger partial charge in [-0.15, -0.1) is 25.5 Å². The molecule has 5 saturated carbocycles. The number of amides is 1. The minimum absolute atomic E-state index is 0.0351. The predicted molar refractivity (Wildman–Crippen MR) is 557 cm³/mol.